The van der Waals surface area contributed by atoms with E-state index in [9.17, 15) is 0 Å². The number of epoxide rings is 1. The van der Waals surface area contributed by atoms with Crippen LogP contribution in [0.25, 0.3) is 0 Å². The predicted octanol–water partition coefficient (Wildman–Crippen LogP) is 4.24. The van der Waals surface area contributed by atoms with Crippen molar-refractivity contribution < 1.29 is 4.74 Å². The molecule has 7 heteroatoms. The fourth-order valence-corrected chi connectivity index (χ4v) is 6.90. The zero-order valence-corrected chi connectivity index (χ0v) is 12.7. The summed E-state index contributed by atoms with van der Waals surface area (Å²) in [5, 5.41) is 0.571. The minimum atomic E-state index is -1.40. The summed E-state index contributed by atoms with van der Waals surface area (Å²) in [5.41, 5.74) is 0. The van der Waals surface area contributed by atoms with Gasteiger partial charge in [-0.25, -0.2) is 0 Å². The molecule has 0 unspecified atom stereocenters. The Morgan fingerprint density at radius 1 is 1.00 bits per heavy atom. The minimum absolute atomic E-state index is 0.0235. The van der Waals surface area contributed by atoms with Crippen LogP contribution < -0.4 is 0 Å². The third-order valence-electron chi connectivity index (χ3n) is 4.61. The van der Waals surface area contributed by atoms with Crippen molar-refractivity contribution in [3.63, 3.8) is 0 Å². The van der Waals surface area contributed by atoms with Gasteiger partial charge in [0, 0.05) is 5.92 Å². The average molecular weight is 355 g/mol. The van der Waals surface area contributed by atoms with Crippen molar-refractivity contribution in [1.29, 1.82) is 0 Å². The molecule has 1 nitrogen and oxygen atoms in total. The number of hydrogen-bond donors (Lipinski definition) is 0. The molecule has 0 spiro atoms. The Kier molecular flexibility index (Phi) is 2.17. The molecule has 2 bridgehead atoms. The summed E-state index contributed by atoms with van der Waals surface area (Å²) < 4.78 is 4.12. The third-order valence-corrected chi connectivity index (χ3v) is 8.93. The highest BCUT2D eigenvalue weighted by Crippen LogP contribution is 2.80. The van der Waals surface area contributed by atoms with E-state index in [1.807, 2.05) is 0 Å². The van der Waals surface area contributed by atoms with Gasteiger partial charge in [0.05, 0.1) is 22.3 Å². The third kappa shape index (κ3) is 0.971. The van der Waals surface area contributed by atoms with Crippen LogP contribution in [0.15, 0.2) is 10.1 Å². The fourth-order valence-electron chi connectivity index (χ4n) is 3.81. The zero-order chi connectivity index (χ0) is 12.4. The Labute approximate surface area is 128 Å². The predicted molar refractivity (Wildman–Crippen MR) is 70.6 cm³/mol. The smallest absolute Gasteiger partial charge is 0.166 e. The molecule has 4 rings (SSSR count). The van der Waals surface area contributed by atoms with E-state index in [1.165, 1.54) is 0 Å². The van der Waals surface area contributed by atoms with Crippen LogP contribution in [0.1, 0.15) is 6.42 Å². The van der Waals surface area contributed by atoms with Crippen molar-refractivity contribution in [2.45, 2.75) is 32.7 Å². The van der Waals surface area contributed by atoms with Crippen molar-refractivity contribution in [3.05, 3.63) is 10.1 Å². The minimum Gasteiger partial charge on any atom is -0.369 e. The Morgan fingerprint density at radius 2 is 1.59 bits per heavy atom. The SMILES string of the molecule is ClC1=C(Cl)[C@@]2(Cl)[C@@H]3C[C@H]4O[C@@H]4[C@H]3[C@@]1(Cl)C2(Cl)Cl. The molecule has 1 saturated heterocycles. The lowest BCUT2D eigenvalue weighted by Gasteiger charge is -2.33. The molecular weight excluding hydrogens is 349 g/mol. The zero-order valence-electron chi connectivity index (χ0n) is 8.19. The second-order valence-corrected chi connectivity index (χ2v) is 8.41. The van der Waals surface area contributed by atoms with Crippen molar-refractivity contribution in [2.24, 2.45) is 11.8 Å². The molecule has 0 aromatic carbocycles. The monoisotopic (exact) mass is 352 g/mol. The van der Waals surface area contributed by atoms with E-state index in [2.05, 4.69) is 0 Å². The lowest BCUT2D eigenvalue weighted by atomic mass is 9.84. The lowest BCUT2D eigenvalue weighted by molar-refractivity contribution is 0.200. The maximum absolute atomic E-state index is 6.64. The van der Waals surface area contributed by atoms with Gasteiger partial charge in [-0.05, 0) is 12.3 Å². The standard InChI is InChI=1S/C10H6Cl6O/c11-6-7(12)9(14)4-2(1-3-5(4)17-3)8(6,13)10(9,15)16/h2-5H,1H2/t2-,3-,4+,5+,8+,9+/m1/s1. The van der Waals surface area contributed by atoms with Gasteiger partial charge in [0.1, 0.15) is 9.75 Å². The van der Waals surface area contributed by atoms with E-state index in [-0.39, 0.29) is 29.1 Å². The lowest BCUT2D eigenvalue weighted by Crippen LogP contribution is -2.45. The first kappa shape index (κ1) is 12.2. The highest BCUT2D eigenvalue weighted by Gasteiger charge is 2.87. The topological polar surface area (TPSA) is 12.5 Å². The van der Waals surface area contributed by atoms with Crippen molar-refractivity contribution in [1.82, 2.24) is 0 Å². The van der Waals surface area contributed by atoms with Crippen LogP contribution in [0.3, 0.4) is 0 Å². The van der Waals surface area contributed by atoms with Crippen molar-refractivity contribution in [3.8, 4) is 0 Å². The Balaban J connectivity index is 2.00. The normalized spacial score (nSPS) is 61.8. The second-order valence-electron chi connectivity index (χ2n) is 5.13. The van der Waals surface area contributed by atoms with Gasteiger partial charge < -0.3 is 4.74 Å². The summed E-state index contributed by atoms with van der Waals surface area (Å²) in [7, 11) is 0. The fraction of sp³-hybridized carbons (Fsp3) is 0.800. The molecule has 0 amide bonds. The van der Waals surface area contributed by atoms with Gasteiger partial charge in [-0.1, -0.05) is 46.4 Å². The first-order valence-corrected chi connectivity index (χ1v) is 7.52. The van der Waals surface area contributed by atoms with Crippen molar-refractivity contribution >= 4 is 69.6 Å². The molecule has 2 saturated carbocycles. The van der Waals surface area contributed by atoms with E-state index in [1.54, 1.807) is 0 Å². The summed E-state index contributed by atoms with van der Waals surface area (Å²) in [4.78, 5) is -2.21. The number of fused-ring (bicyclic) bond motifs is 7. The van der Waals surface area contributed by atoms with Crippen LogP contribution >= 0.6 is 69.6 Å². The van der Waals surface area contributed by atoms with E-state index in [0.29, 0.717) is 5.03 Å². The Hall–Kier alpha value is 1.44. The first-order valence-electron chi connectivity index (χ1n) is 5.25. The molecule has 3 fully saturated rings. The van der Waals surface area contributed by atoms with Crippen molar-refractivity contribution in [2.75, 3.05) is 0 Å². The van der Waals surface area contributed by atoms with Gasteiger partial charge >= 0.3 is 0 Å². The Morgan fingerprint density at radius 3 is 2.24 bits per heavy atom. The van der Waals surface area contributed by atoms with E-state index < -0.39 is 14.1 Å². The van der Waals surface area contributed by atoms with Crippen LogP contribution in [-0.2, 0) is 4.74 Å². The molecule has 0 N–H and O–H groups in total. The summed E-state index contributed by atoms with van der Waals surface area (Å²) in [6, 6.07) is 0. The number of allylic oxidation sites excluding steroid dienone is 2. The first-order chi connectivity index (χ1) is 7.78. The van der Waals surface area contributed by atoms with Crippen LogP contribution in [0.2, 0.25) is 0 Å². The summed E-state index contributed by atoms with van der Waals surface area (Å²) in [5.74, 6) is -0.0351. The maximum Gasteiger partial charge on any atom is 0.166 e. The van der Waals surface area contributed by atoms with E-state index >= 15 is 0 Å². The molecule has 94 valence electrons. The van der Waals surface area contributed by atoms with Crippen LogP contribution in [0.4, 0.5) is 0 Å². The molecular formula is C10H6Cl6O. The number of halogens is 6. The summed E-state index contributed by atoms with van der Waals surface area (Å²) in [6.45, 7) is 0. The number of alkyl halides is 4. The van der Waals surface area contributed by atoms with E-state index in [0.717, 1.165) is 6.42 Å². The molecule has 6 atom stereocenters. The van der Waals surface area contributed by atoms with Gasteiger partial charge in [0.25, 0.3) is 0 Å². The van der Waals surface area contributed by atoms with E-state index in [4.69, 9.17) is 74.3 Å². The van der Waals surface area contributed by atoms with Gasteiger partial charge in [-0.2, -0.15) is 0 Å². The molecule has 1 heterocycles. The largest absolute Gasteiger partial charge is 0.369 e. The summed E-state index contributed by atoms with van der Waals surface area (Å²) in [6.07, 6.45) is 1.06. The van der Waals surface area contributed by atoms with Gasteiger partial charge in [-0.3, -0.25) is 0 Å². The molecule has 1 aliphatic heterocycles. The van der Waals surface area contributed by atoms with Crippen LogP contribution in [-0.4, -0.2) is 26.3 Å². The molecule has 0 radical (unpaired) electrons. The Bertz CT molecular complexity index is 475. The van der Waals surface area contributed by atoms with Gasteiger partial charge in [0.2, 0.25) is 0 Å². The summed E-state index contributed by atoms with van der Waals surface area (Å²) >= 11 is 38.6. The average Bonchev–Trinajstić information content (AvgIpc) is 2.88. The number of ether oxygens (including phenoxy) is 1. The molecule has 3 aliphatic carbocycles. The van der Waals surface area contributed by atoms with Gasteiger partial charge in [-0.15, -0.1) is 23.2 Å². The van der Waals surface area contributed by atoms with Crippen LogP contribution in [0, 0.1) is 11.8 Å². The molecule has 0 aromatic rings. The molecule has 4 aliphatic rings. The van der Waals surface area contributed by atoms with Gasteiger partial charge in [0.15, 0.2) is 4.33 Å². The quantitative estimate of drug-likeness (QED) is 0.468. The molecule has 17 heavy (non-hydrogen) atoms. The molecule has 0 aromatic heterocycles. The second kappa shape index (κ2) is 3.03. The number of rotatable bonds is 0. The highest BCUT2D eigenvalue weighted by atomic mass is 35.5. The van der Waals surface area contributed by atoms with Crippen LogP contribution in [0.5, 0.6) is 0 Å². The maximum atomic E-state index is 6.64. The highest BCUT2D eigenvalue weighted by molar-refractivity contribution is 6.65. The number of hydrogen-bond acceptors (Lipinski definition) is 1.